The highest BCUT2D eigenvalue weighted by molar-refractivity contribution is 5.53. The number of rotatable bonds is 1. The fraction of sp³-hybridized carbons (Fsp3) is 0.400. The molecule has 12 heavy (non-hydrogen) atoms. The van der Waals surface area contributed by atoms with E-state index < -0.39 is 0 Å². The van der Waals surface area contributed by atoms with Crippen LogP contribution < -0.4 is 11.1 Å². The fourth-order valence-electron chi connectivity index (χ4n) is 1.67. The summed E-state index contributed by atoms with van der Waals surface area (Å²) >= 11 is 0. The van der Waals surface area contributed by atoms with Crippen LogP contribution in [0, 0.1) is 5.92 Å². The van der Waals surface area contributed by atoms with Crippen molar-refractivity contribution in [1.29, 1.82) is 0 Å². The summed E-state index contributed by atoms with van der Waals surface area (Å²) in [4.78, 5) is 0. The second-order valence-electron chi connectivity index (χ2n) is 3.34. The second kappa shape index (κ2) is 3.15. The Hall–Kier alpha value is -1.02. The van der Waals surface area contributed by atoms with Gasteiger partial charge in [0.15, 0.2) is 0 Å². The van der Waals surface area contributed by atoms with E-state index in [1.54, 1.807) is 0 Å². The third-order valence-corrected chi connectivity index (χ3v) is 2.44. The summed E-state index contributed by atoms with van der Waals surface area (Å²) in [5.41, 5.74) is 8.30. The lowest BCUT2D eigenvalue weighted by Crippen LogP contribution is -2.29. The molecular weight excluding hydrogens is 148 g/mol. The molecule has 2 nitrogen and oxygen atoms in total. The van der Waals surface area contributed by atoms with Crippen LogP contribution in [0.2, 0.25) is 0 Å². The van der Waals surface area contributed by atoms with Crippen molar-refractivity contribution in [2.75, 3.05) is 18.4 Å². The number of para-hydroxylation sites is 1. The SMILES string of the molecule is NC[C@H]1CNc2ccccc2C1. The molecule has 2 rings (SSSR count). The maximum Gasteiger partial charge on any atom is 0.0372 e. The number of nitrogens with two attached hydrogens (primary N) is 1. The molecule has 0 spiro atoms. The molecule has 1 aromatic carbocycles. The first kappa shape index (κ1) is 7.62. The number of anilines is 1. The van der Waals surface area contributed by atoms with Gasteiger partial charge in [-0.2, -0.15) is 0 Å². The molecule has 2 heteroatoms. The smallest absolute Gasteiger partial charge is 0.0372 e. The molecule has 0 radical (unpaired) electrons. The maximum absolute atomic E-state index is 5.62. The average Bonchev–Trinajstić information content (AvgIpc) is 2.17. The Bertz CT molecular complexity index is 270. The van der Waals surface area contributed by atoms with Gasteiger partial charge < -0.3 is 11.1 Å². The van der Waals surface area contributed by atoms with E-state index in [9.17, 15) is 0 Å². The van der Waals surface area contributed by atoms with Crippen molar-refractivity contribution in [3.05, 3.63) is 29.8 Å². The van der Waals surface area contributed by atoms with E-state index >= 15 is 0 Å². The standard InChI is InChI=1S/C10H14N2/c11-6-8-5-9-3-1-2-4-10(9)12-7-8/h1-4,8,12H,5-7,11H2/t8-/m0/s1. The monoisotopic (exact) mass is 162 g/mol. The van der Waals surface area contributed by atoms with E-state index in [1.807, 2.05) is 0 Å². The van der Waals surface area contributed by atoms with Crippen LogP contribution in [0.25, 0.3) is 0 Å². The number of fused-ring (bicyclic) bond motifs is 1. The zero-order valence-corrected chi connectivity index (χ0v) is 7.09. The second-order valence-corrected chi connectivity index (χ2v) is 3.34. The van der Waals surface area contributed by atoms with E-state index in [-0.39, 0.29) is 0 Å². The Morgan fingerprint density at radius 3 is 3.08 bits per heavy atom. The largest absolute Gasteiger partial charge is 0.384 e. The van der Waals surface area contributed by atoms with Crippen LogP contribution in [-0.4, -0.2) is 13.1 Å². The Kier molecular flexibility index (Phi) is 2.00. The lowest BCUT2D eigenvalue weighted by atomic mass is 9.94. The normalized spacial score (nSPS) is 21.2. The number of hydrogen-bond acceptors (Lipinski definition) is 2. The molecule has 0 aromatic heterocycles. The van der Waals surface area contributed by atoms with Crippen LogP contribution >= 0.6 is 0 Å². The predicted octanol–water partition coefficient (Wildman–Crippen LogP) is 1.23. The average molecular weight is 162 g/mol. The molecule has 0 saturated carbocycles. The summed E-state index contributed by atoms with van der Waals surface area (Å²) in [5.74, 6) is 0.611. The van der Waals surface area contributed by atoms with Crippen molar-refractivity contribution in [2.45, 2.75) is 6.42 Å². The molecule has 0 amide bonds. The third kappa shape index (κ3) is 1.30. The van der Waals surface area contributed by atoms with Crippen LogP contribution in [0.4, 0.5) is 5.69 Å². The molecule has 0 saturated heterocycles. The Labute approximate surface area is 72.8 Å². The zero-order chi connectivity index (χ0) is 8.39. The molecule has 0 aliphatic carbocycles. The Morgan fingerprint density at radius 1 is 1.42 bits per heavy atom. The van der Waals surface area contributed by atoms with Crippen LogP contribution in [-0.2, 0) is 6.42 Å². The number of hydrogen-bond donors (Lipinski definition) is 2. The van der Waals surface area contributed by atoms with Gasteiger partial charge in [-0.15, -0.1) is 0 Å². The summed E-state index contributed by atoms with van der Waals surface area (Å²) in [5, 5.41) is 3.38. The Morgan fingerprint density at radius 2 is 2.25 bits per heavy atom. The Balaban J connectivity index is 2.23. The van der Waals surface area contributed by atoms with Crippen molar-refractivity contribution in [2.24, 2.45) is 11.7 Å². The summed E-state index contributed by atoms with van der Waals surface area (Å²) in [7, 11) is 0. The first-order valence-corrected chi connectivity index (χ1v) is 4.42. The summed E-state index contributed by atoms with van der Waals surface area (Å²) in [6.45, 7) is 1.80. The van der Waals surface area contributed by atoms with Crippen LogP contribution in [0.1, 0.15) is 5.56 Å². The van der Waals surface area contributed by atoms with Gasteiger partial charge in [-0.05, 0) is 30.5 Å². The minimum Gasteiger partial charge on any atom is -0.384 e. The molecule has 0 unspecified atom stereocenters. The van der Waals surface area contributed by atoms with E-state index in [0.29, 0.717) is 5.92 Å². The van der Waals surface area contributed by atoms with Crippen LogP contribution in [0.15, 0.2) is 24.3 Å². The molecular formula is C10H14N2. The summed E-state index contributed by atoms with van der Waals surface area (Å²) in [6.07, 6.45) is 1.12. The van der Waals surface area contributed by atoms with Crippen molar-refractivity contribution in [3.63, 3.8) is 0 Å². The molecule has 3 N–H and O–H groups in total. The highest BCUT2D eigenvalue weighted by Gasteiger charge is 2.15. The van der Waals surface area contributed by atoms with Gasteiger partial charge in [-0.25, -0.2) is 0 Å². The topological polar surface area (TPSA) is 38.0 Å². The highest BCUT2D eigenvalue weighted by Crippen LogP contribution is 2.23. The lowest BCUT2D eigenvalue weighted by Gasteiger charge is -2.24. The van der Waals surface area contributed by atoms with Crippen molar-refractivity contribution in [3.8, 4) is 0 Å². The zero-order valence-electron chi connectivity index (χ0n) is 7.09. The van der Waals surface area contributed by atoms with Crippen molar-refractivity contribution in [1.82, 2.24) is 0 Å². The van der Waals surface area contributed by atoms with Gasteiger partial charge in [0.2, 0.25) is 0 Å². The van der Waals surface area contributed by atoms with Gasteiger partial charge in [0.05, 0.1) is 0 Å². The highest BCUT2D eigenvalue weighted by atomic mass is 14.9. The van der Waals surface area contributed by atoms with Gasteiger partial charge in [0.1, 0.15) is 0 Å². The molecule has 1 aromatic rings. The summed E-state index contributed by atoms with van der Waals surface area (Å²) < 4.78 is 0. The molecule has 1 aliphatic heterocycles. The fourth-order valence-corrected chi connectivity index (χ4v) is 1.67. The minimum absolute atomic E-state index is 0.611. The maximum atomic E-state index is 5.62. The van der Waals surface area contributed by atoms with Gasteiger partial charge in [0, 0.05) is 12.2 Å². The molecule has 0 fully saturated rings. The third-order valence-electron chi connectivity index (χ3n) is 2.44. The number of nitrogens with one attached hydrogen (secondary N) is 1. The quantitative estimate of drug-likeness (QED) is 0.651. The molecule has 1 atom stereocenters. The summed E-state index contributed by atoms with van der Waals surface area (Å²) in [6, 6.07) is 8.44. The van der Waals surface area contributed by atoms with E-state index in [0.717, 1.165) is 19.5 Å². The van der Waals surface area contributed by atoms with E-state index in [2.05, 4.69) is 29.6 Å². The van der Waals surface area contributed by atoms with Gasteiger partial charge >= 0.3 is 0 Å². The molecule has 1 heterocycles. The first-order valence-electron chi connectivity index (χ1n) is 4.42. The lowest BCUT2D eigenvalue weighted by molar-refractivity contribution is 0.550. The van der Waals surface area contributed by atoms with Gasteiger partial charge in [-0.1, -0.05) is 18.2 Å². The first-order chi connectivity index (χ1) is 5.90. The molecule has 0 bridgehead atoms. The predicted molar refractivity (Wildman–Crippen MR) is 51.2 cm³/mol. The minimum atomic E-state index is 0.611. The van der Waals surface area contributed by atoms with Crippen LogP contribution in [0.5, 0.6) is 0 Å². The van der Waals surface area contributed by atoms with E-state index in [1.165, 1.54) is 11.3 Å². The van der Waals surface area contributed by atoms with Gasteiger partial charge in [0.25, 0.3) is 0 Å². The van der Waals surface area contributed by atoms with Gasteiger partial charge in [-0.3, -0.25) is 0 Å². The van der Waals surface area contributed by atoms with Crippen LogP contribution in [0.3, 0.4) is 0 Å². The van der Waals surface area contributed by atoms with Crippen molar-refractivity contribution >= 4 is 5.69 Å². The van der Waals surface area contributed by atoms with E-state index in [4.69, 9.17) is 5.73 Å². The van der Waals surface area contributed by atoms with Crippen molar-refractivity contribution < 1.29 is 0 Å². The molecule has 64 valence electrons. The number of benzene rings is 1. The molecule has 1 aliphatic rings.